The van der Waals surface area contributed by atoms with Gasteiger partial charge in [0.25, 0.3) is 5.91 Å². The molecule has 0 fully saturated rings. The lowest BCUT2D eigenvalue weighted by Gasteiger charge is -2.23. The zero-order valence-corrected chi connectivity index (χ0v) is 17.5. The Morgan fingerprint density at radius 3 is 2.48 bits per heavy atom. The summed E-state index contributed by atoms with van der Waals surface area (Å²) in [6, 6.07) is 22.1. The van der Waals surface area contributed by atoms with Gasteiger partial charge in [-0.3, -0.25) is 9.78 Å². The van der Waals surface area contributed by atoms with Crippen LogP contribution in [-0.2, 0) is 4.79 Å². The molecule has 156 valence electrons. The first-order chi connectivity index (χ1) is 15.0. The molecule has 1 amide bonds. The highest BCUT2D eigenvalue weighted by Crippen LogP contribution is 2.37. The van der Waals surface area contributed by atoms with Crippen molar-refractivity contribution in [2.24, 2.45) is 0 Å². The number of nitrogens with zero attached hydrogens (tertiary/aromatic N) is 1. The number of para-hydroxylation sites is 1. The van der Waals surface area contributed by atoms with Crippen LogP contribution >= 0.6 is 0 Å². The van der Waals surface area contributed by atoms with Crippen LogP contribution in [0.5, 0.6) is 11.5 Å². The van der Waals surface area contributed by atoms with E-state index in [0.29, 0.717) is 16.8 Å². The van der Waals surface area contributed by atoms with Crippen molar-refractivity contribution in [1.29, 1.82) is 0 Å². The van der Waals surface area contributed by atoms with Gasteiger partial charge in [-0.2, -0.15) is 0 Å². The highest BCUT2D eigenvalue weighted by molar-refractivity contribution is 5.89. The Morgan fingerprint density at radius 1 is 0.968 bits per heavy atom. The third-order valence-corrected chi connectivity index (χ3v) is 5.33. The lowest BCUT2D eigenvalue weighted by Crippen LogP contribution is -2.33. The van der Waals surface area contributed by atoms with Crippen molar-refractivity contribution in [2.45, 2.75) is 19.9 Å². The summed E-state index contributed by atoms with van der Waals surface area (Å²) >= 11 is 0. The fourth-order valence-corrected chi connectivity index (χ4v) is 3.75. The zero-order valence-electron chi connectivity index (χ0n) is 17.5. The maximum atomic E-state index is 12.8. The molecule has 0 bridgehead atoms. The molecule has 0 saturated carbocycles. The average molecular weight is 412 g/mol. The number of phenols is 1. The molecule has 0 aliphatic rings. The van der Waals surface area contributed by atoms with E-state index in [1.54, 1.807) is 18.3 Å². The van der Waals surface area contributed by atoms with Gasteiger partial charge in [0, 0.05) is 17.1 Å². The second kappa shape index (κ2) is 8.88. The van der Waals surface area contributed by atoms with Crippen LogP contribution in [0.2, 0.25) is 0 Å². The van der Waals surface area contributed by atoms with E-state index in [9.17, 15) is 9.90 Å². The normalized spacial score (nSPS) is 11.8. The van der Waals surface area contributed by atoms with Crippen molar-refractivity contribution in [2.75, 3.05) is 6.61 Å². The van der Waals surface area contributed by atoms with Crippen LogP contribution in [-0.4, -0.2) is 22.6 Å². The summed E-state index contributed by atoms with van der Waals surface area (Å²) in [4.78, 5) is 17.2. The number of fused-ring (bicyclic) bond motifs is 1. The summed E-state index contributed by atoms with van der Waals surface area (Å²) in [5.74, 6) is 0.410. The van der Waals surface area contributed by atoms with Crippen molar-refractivity contribution in [3.8, 4) is 11.5 Å². The number of aromatic hydroxyl groups is 1. The van der Waals surface area contributed by atoms with Crippen LogP contribution in [0.25, 0.3) is 10.9 Å². The molecule has 2 N–H and O–H groups in total. The van der Waals surface area contributed by atoms with E-state index in [-0.39, 0.29) is 18.3 Å². The molecule has 31 heavy (non-hydrogen) atoms. The first kappa shape index (κ1) is 20.4. The third kappa shape index (κ3) is 4.36. The largest absolute Gasteiger partial charge is 0.505 e. The number of carbonyl (C=O) groups is 1. The van der Waals surface area contributed by atoms with Gasteiger partial charge < -0.3 is 15.2 Å². The smallest absolute Gasteiger partial charge is 0.258 e. The summed E-state index contributed by atoms with van der Waals surface area (Å²) in [5, 5.41) is 15.0. The van der Waals surface area contributed by atoms with Gasteiger partial charge in [-0.15, -0.1) is 0 Å². The number of phenolic OH excluding ortho intramolecular Hbond substituents is 1. The number of pyridine rings is 1. The molecule has 5 nitrogen and oxygen atoms in total. The molecule has 0 saturated heterocycles. The topological polar surface area (TPSA) is 71.5 Å². The van der Waals surface area contributed by atoms with Gasteiger partial charge in [0.1, 0.15) is 17.0 Å². The maximum Gasteiger partial charge on any atom is 0.258 e. The Labute approximate surface area is 181 Å². The van der Waals surface area contributed by atoms with Crippen LogP contribution in [0, 0.1) is 13.8 Å². The van der Waals surface area contributed by atoms with Crippen molar-refractivity contribution >= 4 is 16.8 Å². The van der Waals surface area contributed by atoms with E-state index in [1.807, 2.05) is 74.5 Å². The predicted octanol–water partition coefficient (Wildman–Crippen LogP) is 4.84. The Hall–Kier alpha value is -3.86. The minimum atomic E-state index is -0.543. The van der Waals surface area contributed by atoms with Crippen molar-refractivity contribution in [3.05, 3.63) is 101 Å². The molecule has 4 rings (SSSR count). The van der Waals surface area contributed by atoms with Crippen LogP contribution in [0.1, 0.15) is 28.3 Å². The van der Waals surface area contributed by atoms with Gasteiger partial charge in [-0.1, -0.05) is 48.5 Å². The van der Waals surface area contributed by atoms with Crippen molar-refractivity contribution < 1.29 is 14.6 Å². The number of carbonyl (C=O) groups excluding carboxylic acids is 1. The Bertz CT molecular complexity index is 1220. The third-order valence-electron chi connectivity index (χ3n) is 5.33. The van der Waals surface area contributed by atoms with E-state index >= 15 is 0 Å². The van der Waals surface area contributed by atoms with Crippen LogP contribution < -0.4 is 10.1 Å². The van der Waals surface area contributed by atoms with Gasteiger partial charge in [-0.05, 0) is 54.8 Å². The van der Waals surface area contributed by atoms with E-state index < -0.39 is 6.04 Å². The van der Waals surface area contributed by atoms with Gasteiger partial charge in [0.2, 0.25) is 0 Å². The Kier molecular flexibility index (Phi) is 5.85. The molecule has 1 unspecified atom stereocenters. The number of rotatable bonds is 6. The fourth-order valence-electron chi connectivity index (χ4n) is 3.75. The minimum Gasteiger partial charge on any atom is -0.505 e. The summed E-state index contributed by atoms with van der Waals surface area (Å²) in [5.41, 5.74) is 4.01. The highest BCUT2D eigenvalue weighted by atomic mass is 16.5. The molecule has 1 atom stereocenters. The molecule has 4 aromatic rings. The van der Waals surface area contributed by atoms with Crippen molar-refractivity contribution in [1.82, 2.24) is 10.3 Å². The summed E-state index contributed by atoms with van der Waals surface area (Å²) < 4.78 is 5.61. The SMILES string of the molecule is Cc1ccccc1C(NC(=O)COc1ccccc1)c1cc(C)c2cccnc2c1O. The number of hydrogen-bond acceptors (Lipinski definition) is 4. The monoisotopic (exact) mass is 412 g/mol. The quantitative estimate of drug-likeness (QED) is 0.475. The summed E-state index contributed by atoms with van der Waals surface area (Å²) in [6.07, 6.45) is 1.65. The zero-order chi connectivity index (χ0) is 21.8. The highest BCUT2D eigenvalue weighted by Gasteiger charge is 2.24. The standard InChI is InChI=1S/C26H24N2O3/c1-17-9-6-7-12-20(17)24(28-23(29)16-31-19-10-4-3-5-11-19)22-15-18(2)21-13-8-14-27-25(21)26(22)30/h3-15,24,30H,16H2,1-2H3,(H,28,29). The number of nitrogens with one attached hydrogen (secondary N) is 1. The molecule has 0 spiro atoms. The summed E-state index contributed by atoms with van der Waals surface area (Å²) in [7, 11) is 0. The van der Waals surface area contributed by atoms with Gasteiger partial charge >= 0.3 is 0 Å². The lowest BCUT2D eigenvalue weighted by molar-refractivity contribution is -0.123. The number of benzene rings is 3. The Morgan fingerprint density at radius 2 is 1.71 bits per heavy atom. The molecular weight excluding hydrogens is 388 g/mol. The minimum absolute atomic E-state index is 0.0683. The number of aromatic nitrogens is 1. The molecule has 0 aliphatic carbocycles. The molecule has 1 heterocycles. The average Bonchev–Trinajstić information content (AvgIpc) is 2.80. The van der Waals surface area contributed by atoms with E-state index in [2.05, 4.69) is 10.3 Å². The molecule has 0 aliphatic heterocycles. The molecule has 5 heteroatoms. The second-order valence-corrected chi connectivity index (χ2v) is 7.49. The van der Waals surface area contributed by atoms with E-state index in [1.165, 1.54) is 0 Å². The molecule has 1 aromatic heterocycles. The van der Waals surface area contributed by atoms with Gasteiger partial charge in [-0.25, -0.2) is 0 Å². The Balaban J connectivity index is 1.71. The first-order valence-corrected chi connectivity index (χ1v) is 10.1. The summed E-state index contributed by atoms with van der Waals surface area (Å²) in [6.45, 7) is 3.83. The molecule has 3 aromatic carbocycles. The number of hydrogen-bond donors (Lipinski definition) is 2. The molecule has 0 radical (unpaired) electrons. The molecular formula is C26H24N2O3. The van der Waals surface area contributed by atoms with Crippen molar-refractivity contribution in [3.63, 3.8) is 0 Å². The predicted molar refractivity (Wildman–Crippen MR) is 121 cm³/mol. The number of aryl methyl sites for hydroxylation is 2. The fraction of sp³-hybridized carbons (Fsp3) is 0.154. The maximum absolute atomic E-state index is 12.8. The van der Waals surface area contributed by atoms with Gasteiger partial charge in [0.05, 0.1) is 6.04 Å². The van der Waals surface area contributed by atoms with Crippen LogP contribution in [0.4, 0.5) is 0 Å². The van der Waals surface area contributed by atoms with Crippen LogP contribution in [0.3, 0.4) is 0 Å². The number of ether oxygens (including phenoxy) is 1. The number of amides is 1. The van der Waals surface area contributed by atoms with E-state index in [4.69, 9.17) is 4.74 Å². The van der Waals surface area contributed by atoms with Crippen LogP contribution in [0.15, 0.2) is 79.0 Å². The second-order valence-electron chi connectivity index (χ2n) is 7.49. The van der Waals surface area contributed by atoms with Gasteiger partial charge in [0.15, 0.2) is 6.61 Å². The first-order valence-electron chi connectivity index (χ1n) is 10.1. The van der Waals surface area contributed by atoms with E-state index in [0.717, 1.165) is 22.1 Å². The lowest BCUT2D eigenvalue weighted by atomic mass is 9.91.